The summed E-state index contributed by atoms with van der Waals surface area (Å²) < 4.78 is 0.266. The maximum atomic E-state index is 11.1. The van der Waals surface area contributed by atoms with E-state index in [0.29, 0.717) is 5.69 Å². The molecule has 68 valence electrons. The third-order valence-corrected chi connectivity index (χ3v) is 2.54. The summed E-state index contributed by atoms with van der Waals surface area (Å²) in [4.78, 5) is 17.3. The highest BCUT2D eigenvalue weighted by atomic mass is 79.9. The van der Waals surface area contributed by atoms with Crippen molar-refractivity contribution < 1.29 is 0 Å². The summed E-state index contributed by atoms with van der Waals surface area (Å²) in [7, 11) is 0. The molecule has 0 aromatic carbocycles. The highest BCUT2D eigenvalue weighted by Gasteiger charge is 2.15. The molecule has 1 aromatic heterocycles. The molecule has 1 N–H and O–H groups in total. The number of hydrogen-bond acceptors (Lipinski definition) is 3. The Hall–Kier alpha value is -0.860. The first kappa shape index (κ1) is 10.2. The number of aromatic amines is 1. The Morgan fingerprint density at radius 2 is 2.54 bits per heavy atom. The highest BCUT2D eigenvalue weighted by molar-refractivity contribution is 9.10. The molecular formula is C7H5BrClN3O. The van der Waals surface area contributed by atoms with Crippen molar-refractivity contribution in [2.45, 2.75) is 5.92 Å². The van der Waals surface area contributed by atoms with Gasteiger partial charge in [0.05, 0.1) is 18.1 Å². The van der Waals surface area contributed by atoms with Crippen LogP contribution in [0.1, 0.15) is 11.6 Å². The normalized spacial score (nSPS) is 12.1. The maximum Gasteiger partial charge on any atom is 0.265 e. The molecule has 13 heavy (non-hydrogen) atoms. The number of nitriles is 1. The van der Waals surface area contributed by atoms with Gasteiger partial charge in [-0.3, -0.25) is 4.79 Å². The van der Waals surface area contributed by atoms with Crippen molar-refractivity contribution in [3.05, 3.63) is 26.8 Å². The molecule has 1 atom stereocenters. The average molecular weight is 262 g/mol. The molecule has 0 aliphatic heterocycles. The number of nitrogens with one attached hydrogen (secondary N) is 1. The second kappa shape index (κ2) is 4.40. The van der Waals surface area contributed by atoms with E-state index in [2.05, 4.69) is 25.9 Å². The molecule has 1 aromatic rings. The van der Waals surface area contributed by atoms with Crippen LogP contribution in [0.3, 0.4) is 0 Å². The molecule has 4 nitrogen and oxygen atoms in total. The molecule has 0 bridgehead atoms. The Balaban J connectivity index is 3.23. The average Bonchev–Trinajstić information content (AvgIpc) is 2.14. The van der Waals surface area contributed by atoms with Gasteiger partial charge >= 0.3 is 0 Å². The quantitative estimate of drug-likeness (QED) is 0.819. The summed E-state index contributed by atoms with van der Waals surface area (Å²) in [6.45, 7) is 0. The van der Waals surface area contributed by atoms with E-state index in [1.54, 1.807) is 0 Å². The van der Waals surface area contributed by atoms with Gasteiger partial charge in [0.1, 0.15) is 10.4 Å². The lowest BCUT2D eigenvalue weighted by atomic mass is 10.1. The smallest absolute Gasteiger partial charge is 0.265 e. The van der Waals surface area contributed by atoms with Gasteiger partial charge in [0.15, 0.2) is 0 Å². The first-order chi connectivity index (χ1) is 6.20. The SMILES string of the molecule is N#CC(CCl)c1nc[nH]c(=O)c1Br. The van der Waals surface area contributed by atoms with E-state index in [1.807, 2.05) is 6.07 Å². The molecule has 0 aliphatic carbocycles. The standard InChI is InChI=1S/C7H5BrClN3O/c8-5-6(4(1-9)2-10)11-3-12-7(5)13/h3-4H,1H2,(H,11,12,13). The predicted octanol–water partition coefficient (Wildman–Crippen LogP) is 1.38. The molecule has 0 fully saturated rings. The second-order valence-electron chi connectivity index (χ2n) is 2.27. The summed E-state index contributed by atoms with van der Waals surface area (Å²) >= 11 is 8.58. The number of H-pyrrole nitrogens is 1. The van der Waals surface area contributed by atoms with Crippen molar-refractivity contribution in [3.8, 4) is 6.07 Å². The van der Waals surface area contributed by atoms with E-state index in [4.69, 9.17) is 16.9 Å². The largest absolute Gasteiger partial charge is 0.312 e. The third kappa shape index (κ3) is 2.08. The zero-order valence-corrected chi connectivity index (χ0v) is 8.76. The zero-order valence-electron chi connectivity index (χ0n) is 6.42. The Morgan fingerprint density at radius 1 is 1.85 bits per heavy atom. The summed E-state index contributed by atoms with van der Waals surface area (Å²) in [5.74, 6) is -0.440. The lowest BCUT2D eigenvalue weighted by molar-refractivity contribution is 0.887. The van der Waals surface area contributed by atoms with Crippen LogP contribution in [0.15, 0.2) is 15.6 Å². The Labute approximate surface area is 87.7 Å². The van der Waals surface area contributed by atoms with E-state index < -0.39 is 5.92 Å². The lowest BCUT2D eigenvalue weighted by Gasteiger charge is -2.04. The van der Waals surface area contributed by atoms with Crippen molar-refractivity contribution in [1.29, 1.82) is 5.26 Å². The maximum absolute atomic E-state index is 11.1. The van der Waals surface area contributed by atoms with Gasteiger partial charge < -0.3 is 4.98 Å². The van der Waals surface area contributed by atoms with Crippen molar-refractivity contribution >= 4 is 27.5 Å². The first-order valence-corrected chi connectivity index (χ1v) is 4.72. The minimum atomic E-state index is -0.557. The number of alkyl halides is 1. The number of halogens is 2. The minimum absolute atomic E-state index is 0.117. The number of hydrogen-bond donors (Lipinski definition) is 1. The van der Waals surface area contributed by atoms with Crippen molar-refractivity contribution in [2.75, 3.05) is 5.88 Å². The topological polar surface area (TPSA) is 69.5 Å². The lowest BCUT2D eigenvalue weighted by Crippen LogP contribution is -2.13. The van der Waals surface area contributed by atoms with Crippen LogP contribution in [0.5, 0.6) is 0 Å². The van der Waals surface area contributed by atoms with Gasteiger partial charge in [-0.2, -0.15) is 5.26 Å². The third-order valence-electron chi connectivity index (χ3n) is 1.46. The van der Waals surface area contributed by atoms with Crippen molar-refractivity contribution in [1.82, 2.24) is 9.97 Å². The Bertz CT molecular complexity index is 397. The van der Waals surface area contributed by atoms with Gasteiger partial charge in [-0.1, -0.05) is 0 Å². The van der Waals surface area contributed by atoms with Gasteiger partial charge in [-0.05, 0) is 15.9 Å². The van der Waals surface area contributed by atoms with E-state index in [-0.39, 0.29) is 15.9 Å². The van der Waals surface area contributed by atoms with Crippen LogP contribution in [-0.4, -0.2) is 15.8 Å². The van der Waals surface area contributed by atoms with Crippen molar-refractivity contribution in [3.63, 3.8) is 0 Å². The Kier molecular flexibility index (Phi) is 3.46. The van der Waals surface area contributed by atoms with Crippen LogP contribution < -0.4 is 5.56 Å². The van der Waals surface area contributed by atoms with Gasteiger partial charge in [-0.25, -0.2) is 4.98 Å². The van der Waals surface area contributed by atoms with Crippen LogP contribution in [0.2, 0.25) is 0 Å². The molecule has 6 heteroatoms. The van der Waals surface area contributed by atoms with Gasteiger partial charge in [0.25, 0.3) is 5.56 Å². The molecule has 0 amide bonds. The van der Waals surface area contributed by atoms with Gasteiger partial charge in [0.2, 0.25) is 0 Å². The summed E-state index contributed by atoms with van der Waals surface area (Å²) in [5, 5.41) is 8.69. The van der Waals surface area contributed by atoms with Crippen molar-refractivity contribution in [2.24, 2.45) is 0 Å². The minimum Gasteiger partial charge on any atom is -0.312 e. The molecule has 0 saturated carbocycles. The van der Waals surface area contributed by atoms with E-state index >= 15 is 0 Å². The van der Waals surface area contributed by atoms with Crippen LogP contribution in [0.4, 0.5) is 0 Å². The molecule has 1 rings (SSSR count). The summed E-state index contributed by atoms with van der Waals surface area (Å²) in [6, 6.07) is 1.96. The molecule has 0 radical (unpaired) electrons. The number of rotatable bonds is 2. The first-order valence-electron chi connectivity index (χ1n) is 3.39. The Morgan fingerprint density at radius 3 is 3.08 bits per heavy atom. The van der Waals surface area contributed by atoms with Crippen LogP contribution >= 0.6 is 27.5 Å². The number of nitrogens with zero attached hydrogens (tertiary/aromatic N) is 2. The molecular weight excluding hydrogens is 257 g/mol. The molecule has 0 spiro atoms. The molecule has 0 aliphatic rings. The number of aromatic nitrogens is 2. The summed E-state index contributed by atoms with van der Waals surface area (Å²) in [5.41, 5.74) is 0.0663. The summed E-state index contributed by atoms with van der Waals surface area (Å²) in [6.07, 6.45) is 1.25. The highest BCUT2D eigenvalue weighted by Crippen LogP contribution is 2.19. The predicted molar refractivity (Wildman–Crippen MR) is 51.6 cm³/mol. The van der Waals surface area contributed by atoms with Gasteiger partial charge in [0, 0.05) is 5.88 Å². The fourth-order valence-corrected chi connectivity index (χ4v) is 1.52. The molecule has 1 unspecified atom stereocenters. The second-order valence-corrected chi connectivity index (χ2v) is 3.37. The zero-order chi connectivity index (χ0) is 9.84. The monoisotopic (exact) mass is 261 g/mol. The van der Waals surface area contributed by atoms with E-state index in [9.17, 15) is 4.79 Å². The molecule has 0 saturated heterocycles. The van der Waals surface area contributed by atoms with E-state index in [0.717, 1.165) is 0 Å². The van der Waals surface area contributed by atoms with Crippen LogP contribution in [-0.2, 0) is 0 Å². The van der Waals surface area contributed by atoms with Gasteiger partial charge in [-0.15, -0.1) is 11.6 Å². The molecule has 1 heterocycles. The van der Waals surface area contributed by atoms with Crippen LogP contribution in [0.25, 0.3) is 0 Å². The van der Waals surface area contributed by atoms with Crippen LogP contribution in [0, 0.1) is 11.3 Å². The fraction of sp³-hybridized carbons (Fsp3) is 0.286. The fourth-order valence-electron chi connectivity index (χ4n) is 0.808. The van der Waals surface area contributed by atoms with E-state index in [1.165, 1.54) is 6.33 Å².